The van der Waals surface area contributed by atoms with Gasteiger partial charge < -0.3 is 20.1 Å². The molecule has 2 aromatic heterocycles. The Hall–Kier alpha value is -4.19. The Kier molecular flexibility index (Phi) is 10.3. The molecule has 1 saturated heterocycles. The molecule has 1 saturated carbocycles. The molecule has 1 aliphatic carbocycles. The SMILES string of the molecule is Cc1nc(C(=O)N[C@H]2CC[C@@H](NC(=O)c3cc(F)cnc3Oc3cccc(-c4ccc(CN5CCCOCC5)cc4)c3)CC2)cs1. The third-order valence-corrected chi connectivity index (χ3v) is 9.14. The molecule has 2 aliphatic rings. The van der Waals surface area contributed by atoms with Gasteiger partial charge in [0.1, 0.15) is 22.8 Å². The molecule has 4 aromatic rings. The van der Waals surface area contributed by atoms with E-state index < -0.39 is 11.7 Å². The van der Waals surface area contributed by atoms with Crippen molar-refractivity contribution in [2.24, 2.45) is 0 Å². The van der Waals surface area contributed by atoms with Crippen LogP contribution in [0.1, 0.15) is 63.5 Å². The number of halogens is 1. The highest BCUT2D eigenvalue weighted by atomic mass is 32.1. The minimum Gasteiger partial charge on any atom is -0.438 e. The fraction of sp³-hybridized carbons (Fsp3) is 0.371. The molecule has 1 aliphatic heterocycles. The fourth-order valence-corrected chi connectivity index (χ4v) is 6.50. The molecule has 2 amide bonds. The molecule has 0 radical (unpaired) electrons. The van der Waals surface area contributed by atoms with Crippen LogP contribution >= 0.6 is 11.3 Å². The summed E-state index contributed by atoms with van der Waals surface area (Å²) in [6, 6.07) is 17.1. The quantitative estimate of drug-likeness (QED) is 0.226. The Morgan fingerprint density at radius 1 is 0.978 bits per heavy atom. The summed E-state index contributed by atoms with van der Waals surface area (Å²) in [6.07, 6.45) is 4.88. The highest BCUT2D eigenvalue weighted by molar-refractivity contribution is 7.09. The summed E-state index contributed by atoms with van der Waals surface area (Å²) in [7, 11) is 0. The highest BCUT2D eigenvalue weighted by Gasteiger charge is 2.26. The number of ether oxygens (including phenoxy) is 2. The van der Waals surface area contributed by atoms with E-state index in [1.807, 2.05) is 25.1 Å². The van der Waals surface area contributed by atoms with Crippen LogP contribution in [-0.2, 0) is 11.3 Å². The first-order valence-corrected chi connectivity index (χ1v) is 16.6. The van der Waals surface area contributed by atoms with Crippen LogP contribution in [0, 0.1) is 12.7 Å². The van der Waals surface area contributed by atoms with E-state index in [1.165, 1.54) is 16.9 Å². The average molecular weight is 644 g/mol. The van der Waals surface area contributed by atoms with Crippen molar-refractivity contribution in [2.45, 2.75) is 57.7 Å². The number of hydrogen-bond acceptors (Lipinski definition) is 8. The van der Waals surface area contributed by atoms with E-state index >= 15 is 0 Å². The number of pyridine rings is 1. The molecule has 2 aromatic carbocycles. The summed E-state index contributed by atoms with van der Waals surface area (Å²) in [5.74, 6) is -0.722. The lowest BCUT2D eigenvalue weighted by molar-refractivity contribution is 0.0888. The monoisotopic (exact) mass is 643 g/mol. The topological polar surface area (TPSA) is 106 Å². The third-order valence-electron chi connectivity index (χ3n) is 8.37. The second-order valence-corrected chi connectivity index (χ2v) is 12.9. The molecule has 0 spiro atoms. The van der Waals surface area contributed by atoms with Crippen molar-refractivity contribution >= 4 is 23.2 Å². The number of carbonyl (C=O) groups excluding carboxylic acids is 2. The Morgan fingerprint density at radius 3 is 2.48 bits per heavy atom. The molecule has 2 N–H and O–H groups in total. The molecule has 11 heteroatoms. The summed E-state index contributed by atoms with van der Waals surface area (Å²) < 4.78 is 25.9. The van der Waals surface area contributed by atoms with Gasteiger partial charge in [-0.15, -0.1) is 11.3 Å². The van der Waals surface area contributed by atoms with Crippen molar-refractivity contribution in [3.05, 3.63) is 93.8 Å². The molecule has 2 fully saturated rings. The van der Waals surface area contributed by atoms with Crippen LogP contribution in [0.5, 0.6) is 11.6 Å². The first kappa shape index (κ1) is 31.8. The number of rotatable bonds is 9. The standard InChI is InChI=1S/C35H38FN5O4S/c1-23-38-32(22-46-23)34(43)40-29-12-10-28(11-13-29)39-33(42)31-19-27(36)20-37-35(31)45-30-5-2-4-26(18-30)25-8-6-24(7-9-25)21-41-14-3-16-44-17-15-41/h2,4-9,18-20,22,28-29H,3,10-17,21H2,1H3,(H,39,42)(H,40,43)/t28-,29+. The normalized spacial score (nSPS) is 18.8. The van der Waals surface area contributed by atoms with E-state index in [1.54, 1.807) is 11.4 Å². The third kappa shape index (κ3) is 8.34. The van der Waals surface area contributed by atoms with Crippen LogP contribution in [0.2, 0.25) is 0 Å². The van der Waals surface area contributed by atoms with Crippen LogP contribution in [0.15, 0.2) is 66.2 Å². The lowest BCUT2D eigenvalue weighted by Gasteiger charge is -2.29. The van der Waals surface area contributed by atoms with Gasteiger partial charge in [-0.2, -0.15) is 0 Å². The minimum absolute atomic E-state index is 0.00947. The lowest BCUT2D eigenvalue weighted by atomic mass is 9.91. The van der Waals surface area contributed by atoms with E-state index in [-0.39, 0.29) is 29.4 Å². The van der Waals surface area contributed by atoms with E-state index in [4.69, 9.17) is 9.47 Å². The number of hydrogen-bond donors (Lipinski definition) is 2. The van der Waals surface area contributed by atoms with Gasteiger partial charge in [-0.3, -0.25) is 14.5 Å². The predicted molar refractivity (Wildman–Crippen MR) is 175 cm³/mol. The fourth-order valence-electron chi connectivity index (χ4n) is 5.91. The van der Waals surface area contributed by atoms with E-state index in [0.717, 1.165) is 67.7 Å². The Bertz CT molecular complexity index is 1650. The van der Waals surface area contributed by atoms with Gasteiger partial charge in [-0.25, -0.2) is 14.4 Å². The number of carbonyl (C=O) groups is 2. The molecule has 3 heterocycles. The number of aromatic nitrogens is 2. The minimum atomic E-state index is -0.622. The van der Waals surface area contributed by atoms with Crippen molar-refractivity contribution in [3.63, 3.8) is 0 Å². The number of aryl methyl sites for hydroxylation is 1. The number of nitrogens with zero attached hydrogens (tertiary/aromatic N) is 3. The van der Waals surface area contributed by atoms with Gasteiger partial charge in [0.05, 0.1) is 17.8 Å². The second kappa shape index (κ2) is 14.9. The van der Waals surface area contributed by atoms with E-state index in [0.29, 0.717) is 37.1 Å². The maximum Gasteiger partial charge on any atom is 0.270 e. The van der Waals surface area contributed by atoms with E-state index in [9.17, 15) is 14.0 Å². The largest absolute Gasteiger partial charge is 0.438 e. The second-order valence-electron chi connectivity index (χ2n) is 11.8. The Balaban J connectivity index is 1.06. The number of amides is 2. The van der Waals surface area contributed by atoms with Crippen molar-refractivity contribution in [3.8, 4) is 22.8 Å². The van der Waals surface area contributed by atoms with Gasteiger partial charge >= 0.3 is 0 Å². The van der Waals surface area contributed by atoms with Gasteiger partial charge in [-0.05, 0) is 73.9 Å². The summed E-state index contributed by atoms with van der Waals surface area (Å²) in [5.41, 5.74) is 3.69. The van der Waals surface area contributed by atoms with Gasteiger partial charge in [0, 0.05) is 43.7 Å². The Morgan fingerprint density at radius 2 is 1.74 bits per heavy atom. The maximum absolute atomic E-state index is 14.3. The van der Waals surface area contributed by atoms with Crippen LogP contribution < -0.4 is 15.4 Å². The van der Waals surface area contributed by atoms with Gasteiger partial charge in [-0.1, -0.05) is 36.4 Å². The Labute approximate surface area is 272 Å². The molecule has 46 heavy (non-hydrogen) atoms. The first-order chi connectivity index (χ1) is 22.4. The van der Waals surface area contributed by atoms with Crippen LogP contribution in [0.4, 0.5) is 4.39 Å². The molecular weight excluding hydrogens is 605 g/mol. The van der Waals surface area contributed by atoms with Crippen LogP contribution in [0.3, 0.4) is 0 Å². The first-order valence-electron chi connectivity index (χ1n) is 15.8. The molecule has 0 atom stereocenters. The van der Waals surface area contributed by atoms with Gasteiger partial charge in [0.25, 0.3) is 11.8 Å². The van der Waals surface area contributed by atoms with Crippen molar-refractivity contribution in [1.82, 2.24) is 25.5 Å². The van der Waals surface area contributed by atoms with Crippen LogP contribution in [0.25, 0.3) is 11.1 Å². The van der Waals surface area contributed by atoms with Gasteiger partial charge in [0.2, 0.25) is 5.88 Å². The molecule has 9 nitrogen and oxygen atoms in total. The van der Waals surface area contributed by atoms with Gasteiger partial charge in [0.15, 0.2) is 0 Å². The van der Waals surface area contributed by atoms with E-state index in [2.05, 4.69) is 49.8 Å². The summed E-state index contributed by atoms with van der Waals surface area (Å²) in [4.78, 5) is 36.6. The zero-order valence-electron chi connectivity index (χ0n) is 25.8. The molecule has 0 unspecified atom stereocenters. The molecule has 0 bridgehead atoms. The number of nitrogens with one attached hydrogen (secondary N) is 2. The summed E-state index contributed by atoms with van der Waals surface area (Å²) in [6.45, 7) is 6.32. The average Bonchev–Trinajstić information content (AvgIpc) is 3.34. The highest BCUT2D eigenvalue weighted by Crippen LogP contribution is 2.29. The zero-order valence-corrected chi connectivity index (χ0v) is 26.7. The lowest BCUT2D eigenvalue weighted by Crippen LogP contribution is -2.44. The molecule has 240 valence electrons. The smallest absolute Gasteiger partial charge is 0.270 e. The number of thiazole rings is 1. The zero-order chi connectivity index (χ0) is 31.9. The van der Waals surface area contributed by atoms with Crippen molar-refractivity contribution in [1.29, 1.82) is 0 Å². The number of benzene rings is 2. The van der Waals surface area contributed by atoms with Crippen molar-refractivity contribution < 1.29 is 23.5 Å². The molecule has 6 rings (SSSR count). The predicted octanol–water partition coefficient (Wildman–Crippen LogP) is 6.14. The van der Waals surface area contributed by atoms with Crippen LogP contribution in [-0.4, -0.2) is 65.1 Å². The summed E-state index contributed by atoms with van der Waals surface area (Å²) in [5, 5.41) is 8.66. The maximum atomic E-state index is 14.3. The van der Waals surface area contributed by atoms with Crippen molar-refractivity contribution in [2.75, 3.05) is 26.3 Å². The summed E-state index contributed by atoms with van der Waals surface area (Å²) >= 11 is 1.44. The molecular formula is C35H38FN5O4S.